The Kier molecular flexibility index (Phi) is 7.50. The molecule has 8 heteroatoms. The van der Waals surface area contributed by atoms with E-state index >= 15 is 0 Å². The Balaban J connectivity index is 1.72. The van der Waals surface area contributed by atoms with E-state index in [4.69, 9.17) is 4.74 Å². The van der Waals surface area contributed by atoms with Gasteiger partial charge in [-0.05, 0) is 68.2 Å². The van der Waals surface area contributed by atoms with Crippen LogP contribution in [-0.4, -0.2) is 47.0 Å². The summed E-state index contributed by atoms with van der Waals surface area (Å²) in [6.07, 6.45) is 0. The average Bonchev–Trinajstić information content (AvgIpc) is 2.79. The third-order valence-electron chi connectivity index (χ3n) is 4.82. The van der Waals surface area contributed by atoms with Crippen LogP contribution in [0.15, 0.2) is 83.8 Å². The van der Waals surface area contributed by atoms with Crippen LogP contribution in [0.25, 0.3) is 0 Å². The lowest BCUT2D eigenvalue weighted by molar-refractivity contribution is 0.0930. The maximum atomic E-state index is 12.8. The molecule has 0 saturated carbocycles. The van der Waals surface area contributed by atoms with Crippen LogP contribution in [0.5, 0.6) is 5.75 Å². The lowest BCUT2D eigenvalue weighted by Crippen LogP contribution is -2.35. The second-order valence-corrected chi connectivity index (χ2v) is 9.24. The van der Waals surface area contributed by atoms with Crippen molar-refractivity contribution in [2.75, 3.05) is 32.5 Å². The number of rotatable bonds is 9. The molecular formula is C24H27N3O4S. The van der Waals surface area contributed by atoms with Crippen molar-refractivity contribution in [1.82, 2.24) is 10.2 Å². The summed E-state index contributed by atoms with van der Waals surface area (Å²) in [6.45, 7) is 0.633. The second kappa shape index (κ2) is 10.3. The van der Waals surface area contributed by atoms with Gasteiger partial charge in [0.1, 0.15) is 5.75 Å². The highest BCUT2D eigenvalue weighted by molar-refractivity contribution is 7.92. The van der Waals surface area contributed by atoms with E-state index in [1.165, 1.54) is 24.3 Å². The molecule has 3 rings (SSSR count). The summed E-state index contributed by atoms with van der Waals surface area (Å²) in [5.41, 5.74) is 1.80. The molecule has 0 radical (unpaired) electrons. The Morgan fingerprint density at radius 2 is 1.56 bits per heavy atom. The average molecular weight is 454 g/mol. The number of benzene rings is 3. The molecule has 0 unspecified atom stereocenters. The molecule has 0 saturated heterocycles. The highest BCUT2D eigenvalue weighted by atomic mass is 32.2. The lowest BCUT2D eigenvalue weighted by atomic mass is 10.1. The quantitative estimate of drug-likeness (QED) is 0.518. The number of carbonyl (C=O) groups is 1. The standard InChI is InChI=1S/C24H27N3O4S/c1-27(2)17-23(18-7-5-4-6-8-18)25-24(28)19-9-15-22(16-10-19)32(29,30)26-20-11-13-21(31-3)14-12-20/h4-16,23,26H,17H2,1-3H3,(H,25,28)/t23-/m1/s1. The number of carbonyl (C=O) groups excluding carboxylic acids is 1. The van der Waals surface area contributed by atoms with Crippen LogP contribution in [0.3, 0.4) is 0 Å². The van der Waals surface area contributed by atoms with Gasteiger partial charge < -0.3 is 15.0 Å². The molecule has 1 atom stereocenters. The number of amides is 1. The van der Waals surface area contributed by atoms with E-state index in [1.54, 1.807) is 31.4 Å². The third kappa shape index (κ3) is 6.09. The number of sulfonamides is 1. The smallest absolute Gasteiger partial charge is 0.261 e. The van der Waals surface area contributed by atoms with Crippen molar-refractivity contribution >= 4 is 21.6 Å². The summed E-state index contributed by atoms with van der Waals surface area (Å²) in [5.74, 6) is 0.360. The fourth-order valence-electron chi connectivity index (χ4n) is 3.19. The molecule has 32 heavy (non-hydrogen) atoms. The molecule has 0 spiro atoms. The Bertz CT molecular complexity index is 1130. The first-order chi connectivity index (χ1) is 15.3. The lowest BCUT2D eigenvalue weighted by Gasteiger charge is -2.23. The van der Waals surface area contributed by atoms with Crippen molar-refractivity contribution in [2.45, 2.75) is 10.9 Å². The maximum Gasteiger partial charge on any atom is 0.261 e. The van der Waals surface area contributed by atoms with Crippen molar-refractivity contribution in [2.24, 2.45) is 0 Å². The topological polar surface area (TPSA) is 87.7 Å². The summed E-state index contributed by atoms with van der Waals surface area (Å²) in [5, 5.41) is 3.03. The predicted octanol–water partition coefficient (Wildman–Crippen LogP) is 3.53. The molecule has 2 N–H and O–H groups in total. The van der Waals surface area contributed by atoms with E-state index in [1.807, 2.05) is 49.3 Å². The first kappa shape index (κ1) is 23.3. The van der Waals surface area contributed by atoms with E-state index in [-0.39, 0.29) is 16.8 Å². The van der Waals surface area contributed by atoms with E-state index in [9.17, 15) is 13.2 Å². The van der Waals surface area contributed by atoms with Crippen LogP contribution < -0.4 is 14.8 Å². The van der Waals surface area contributed by atoms with Gasteiger partial charge >= 0.3 is 0 Å². The normalized spacial score (nSPS) is 12.2. The van der Waals surface area contributed by atoms with Gasteiger partial charge in [0.25, 0.3) is 15.9 Å². The summed E-state index contributed by atoms with van der Waals surface area (Å²) < 4.78 is 32.9. The van der Waals surface area contributed by atoms with Crippen LogP contribution in [0, 0.1) is 0 Å². The molecule has 0 aliphatic carbocycles. The molecule has 1 amide bonds. The van der Waals surface area contributed by atoms with Crippen LogP contribution in [0.2, 0.25) is 0 Å². The maximum absolute atomic E-state index is 12.8. The SMILES string of the molecule is COc1ccc(NS(=O)(=O)c2ccc(C(=O)N[C@H](CN(C)C)c3ccccc3)cc2)cc1. The van der Waals surface area contributed by atoms with Gasteiger partial charge in [0.15, 0.2) is 0 Å². The molecule has 0 bridgehead atoms. The van der Waals surface area contributed by atoms with Gasteiger partial charge in [-0.3, -0.25) is 9.52 Å². The fourth-order valence-corrected chi connectivity index (χ4v) is 4.24. The zero-order chi connectivity index (χ0) is 23.1. The zero-order valence-corrected chi connectivity index (χ0v) is 19.1. The Morgan fingerprint density at radius 1 is 0.938 bits per heavy atom. The molecule has 3 aromatic rings. The number of likely N-dealkylation sites (N-methyl/N-ethyl adjacent to an activating group) is 1. The summed E-state index contributed by atoms with van der Waals surface area (Å²) in [7, 11) is 1.64. The third-order valence-corrected chi connectivity index (χ3v) is 6.22. The number of nitrogens with one attached hydrogen (secondary N) is 2. The van der Waals surface area contributed by atoms with E-state index in [0.29, 0.717) is 23.5 Å². The molecule has 0 fully saturated rings. The van der Waals surface area contributed by atoms with Gasteiger partial charge in [-0.15, -0.1) is 0 Å². The molecule has 168 valence electrons. The van der Waals surface area contributed by atoms with Gasteiger partial charge in [-0.25, -0.2) is 8.42 Å². The molecule has 7 nitrogen and oxygen atoms in total. The molecule has 0 heterocycles. The molecular weight excluding hydrogens is 426 g/mol. The largest absolute Gasteiger partial charge is 0.497 e. The Hall–Kier alpha value is -3.36. The van der Waals surface area contributed by atoms with Crippen LogP contribution in [0.1, 0.15) is 22.0 Å². The summed E-state index contributed by atoms with van der Waals surface area (Å²) >= 11 is 0. The molecule has 0 aliphatic rings. The Labute approximate surface area is 189 Å². The fraction of sp³-hybridized carbons (Fsp3) is 0.208. The second-order valence-electron chi connectivity index (χ2n) is 7.56. The summed E-state index contributed by atoms with van der Waals surface area (Å²) in [6, 6.07) is 22.0. The van der Waals surface area contributed by atoms with Gasteiger partial charge in [-0.1, -0.05) is 30.3 Å². The molecule has 0 aromatic heterocycles. The van der Waals surface area contributed by atoms with Crippen LogP contribution in [0.4, 0.5) is 5.69 Å². The summed E-state index contributed by atoms with van der Waals surface area (Å²) in [4.78, 5) is 14.9. The minimum absolute atomic E-state index is 0.0674. The van der Waals surface area contributed by atoms with Crippen molar-refractivity contribution in [1.29, 1.82) is 0 Å². The first-order valence-corrected chi connectivity index (χ1v) is 11.5. The van der Waals surface area contributed by atoms with E-state index < -0.39 is 10.0 Å². The van der Waals surface area contributed by atoms with E-state index in [0.717, 1.165) is 5.56 Å². The number of anilines is 1. The monoisotopic (exact) mass is 453 g/mol. The molecule has 0 aliphatic heterocycles. The van der Waals surface area contributed by atoms with Crippen LogP contribution >= 0.6 is 0 Å². The minimum Gasteiger partial charge on any atom is -0.497 e. The van der Waals surface area contributed by atoms with Gasteiger partial charge in [0.2, 0.25) is 0 Å². The number of hydrogen-bond donors (Lipinski definition) is 2. The van der Waals surface area contributed by atoms with E-state index in [2.05, 4.69) is 10.0 Å². The van der Waals surface area contributed by atoms with Crippen molar-refractivity contribution in [3.63, 3.8) is 0 Å². The molecule has 3 aromatic carbocycles. The first-order valence-electron chi connectivity index (χ1n) is 10.1. The number of hydrogen-bond acceptors (Lipinski definition) is 5. The number of methoxy groups -OCH3 is 1. The zero-order valence-electron chi connectivity index (χ0n) is 18.3. The van der Waals surface area contributed by atoms with Crippen LogP contribution in [-0.2, 0) is 10.0 Å². The van der Waals surface area contributed by atoms with Crippen molar-refractivity contribution in [3.05, 3.63) is 90.0 Å². The van der Waals surface area contributed by atoms with Crippen molar-refractivity contribution < 1.29 is 17.9 Å². The number of ether oxygens (including phenoxy) is 1. The Morgan fingerprint density at radius 3 is 2.12 bits per heavy atom. The van der Waals surface area contributed by atoms with Gasteiger partial charge in [-0.2, -0.15) is 0 Å². The number of nitrogens with zero attached hydrogens (tertiary/aromatic N) is 1. The van der Waals surface area contributed by atoms with Crippen molar-refractivity contribution in [3.8, 4) is 5.75 Å². The highest BCUT2D eigenvalue weighted by Crippen LogP contribution is 2.20. The minimum atomic E-state index is -3.79. The van der Waals surface area contributed by atoms with Gasteiger partial charge in [0.05, 0.1) is 18.0 Å². The highest BCUT2D eigenvalue weighted by Gasteiger charge is 2.18. The van der Waals surface area contributed by atoms with Gasteiger partial charge in [0, 0.05) is 17.8 Å². The predicted molar refractivity (Wildman–Crippen MR) is 125 cm³/mol.